The van der Waals surface area contributed by atoms with Crippen molar-refractivity contribution in [3.05, 3.63) is 58.9 Å². The summed E-state index contributed by atoms with van der Waals surface area (Å²) < 4.78 is 0. The topological polar surface area (TPSA) is 62.3 Å². The first-order valence-corrected chi connectivity index (χ1v) is 8.53. The van der Waals surface area contributed by atoms with Crippen molar-refractivity contribution >= 4 is 17.5 Å². The first-order valence-electron chi connectivity index (χ1n) is 8.53. The van der Waals surface area contributed by atoms with Gasteiger partial charge in [-0.3, -0.25) is 9.59 Å². The first-order chi connectivity index (χ1) is 11.9. The predicted molar refractivity (Wildman–Crippen MR) is 100.0 cm³/mol. The molecule has 0 spiro atoms. The number of aromatic nitrogens is 1. The number of amides is 2. The lowest BCUT2D eigenvalue weighted by Gasteiger charge is -2.16. The molecular weight excluding hydrogens is 314 g/mol. The zero-order valence-electron chi connectivity index (χ0n) is 15.3. The fourth-order valence-electron chi connectivity index (χ4n) is 2.61. The SMILES string of the molecule is CCCCN(C)C(=O)c1cccc(C(=O)Nc2cc(C)cc(C)c2)n1. The third-order valence-corrected chi connectivity index (χ3v) is 3.87. The summed E-state index contributed by atoms with van der Waals surface area (Å²) in [6, 6.07) is 10.8. The molecular formula is C20H25N3O2. The van der Waals surface area contributed by atoms with Crippen LogP contribution < -0.4 is 5.32 Å². The predicted octanol–water partition coefficient (Wildman–Crippen LogP) is 3.82. The Hall–Kier alpha value is -2.69. The van der Waals surface area contributed by atoms with E-state index in [9.17, 15) is 9.59 Å². The van der Waals surface area contributed by atoms with E-state index < -0.39 is 0 Å². The van der Waals surface area contributed by atoms with Gasteiger partial charge in [0.1, 0.15) is 11.4 Å². The number of nitrogens with zero attached hydrogens (tertiary/aromatic N) is 2. The molecule has 0 saturated carbocycles. The zero-order valence-corrected chi connectivity index (χ0v) is 15.3. The number of benzene rings is 1. The Morgan fingerprint density at radius 2 is 1.72 bits per heavy atom. The van der Waals surface area contributed by atoms with Crippen LogP contribution in [-0.2, 0) is 0 Å². The van der Waals surface area contributed by atoms with Crippen molar-refractivity contribution in [2.75, 3.05) is 18.9 Å². The molecule has 1 N–H and O–H groups in total. The molecule has 2 amide bonds. The molecule has 5 heteroatoms. The zero-order chi connectivity index (χ0) is 18.4. The number of hydrogen-bond donors (Lipinski definition) is 1. The van der Waals surface area contributed by atoms with Crippen LogP contribution in [0.2, 0.25) is 0 Å². The first kappa shape index (κ1) is 18.6. The molecule has 0 fully saturated rings. The summed E-state index contributed by atoms with van der Waals surface area (Å²) in [6.07, 6.45) is 1.96. The summed E-state index contributed by atoms with van der Waals surface area (Å²) >= 11 is 0. The number of carbonyl (C=O) groups excluding carboxylic acids is 2. The second-order valence-corrected chi connectivity index (χ2v) is 6.32. The van der Waals surface area contributed by atoms with Crippen LogP contribution in [0.25, 0.3) is 0 Å². The molecule has 1 aromatic carbocycles. The van der Waals surface area contributed by atoms with Gasteiger partial charge >= 0.3 is 0 Å². The van der Waals surface area contributed by atoms with E-state index in [1.165, 1.54) is 0 Å². The van der Waals surface area contributed by atoms with Crippen LogP contribution in [-0.4, -0.2) is 35.3 Å². The van der Waals surface area contributed by atoms with E-state index in [1.807, 2.05) is 32.0 Å². The van der Waals surface area contributed by atoms with E-state index in [4.69, 9.17) is 0 Å². The molecule has 0 aliphatic heterocycles. The van der Waals surface area contributed by atoms with Crippen LogP contribution in [0.5, 0.6) is 0 Å². The fourth-order valence-corrected chi connectivity index (χ4v) is 2.61. The molecule has 25 heavy (non-hydrogen) atoms. The van der Waals surface area contributed by atoms with E-state index in [1.54, 1.807) is 30.1 Å². The second kappa shape index (κ2) is 8.42. The van der Waals surface area contributed by atoms with Gasteiger partial charge in [0.2, 0.25) is 0 Å². The Morgan fingerprint density at radius 3 is 2.36 bits per heavy atom. The Labute approximate surface area is 149 Å². The normalized spacial score (nSPS) is 10.4. The van der Waals surface area contributed by atoms with Gasteiger partial charge in [-0.2, -0.15) is 0 Å². The highest BCUT2D eigenvalue weighted by atomic mass is 16.2. The average Bonchev–Trinajstić information content (AvgIpc) is 2.58. The Kier molecular flexibility index (Phi) is 6.28. The smallest absolute Gasteiger partial charge is 0.274 e. The van der Waals surface area contributed by atoms with Gasteiger partial charge in [-0.15, -0.1) is 0 Å². The van der Waals surface area contributed by atoms with Gasteiger partial charge in [-0.1, -0.05) is 25.5 Å². The highest BCUT2D eigenvalue weighted by Gasteiger charge is 2.15. The van der Waals surface area contributed by atoms with E-state index >= 15 is 0 Å². The summed E-state index contributed by atoms with van der Waals surface area (Å²) in [5.74, 6) is -0.495. The lowest BCUT2D eigenvalue weighted by Crippen LogP contribution is -2.29. The van der Waals surface area contributed by atoms with Gasteiger partial charge in [-0.25, -0.2) is 4.98 Å². The number of unbranched alkanes of at least 4 members (excludes halogenated alkanes) is 1. The van der Waals surface area contributed by atoms with Gasteiger partial charge in [0.05, 0.1) is 0 Å². The Bertz CT molecular complexity index is 751. The van der Waals surface area contributed by atoms with E-state index in [-0.39, 0.29) is 23.2 Å². The van der Waals surface area contributed by atoms with E-state index in [0.717, 1.165) is 29.7 Å². The standard InChI is InChI=1S/C20H25N3O2/c1-5-6-10-23(4)20(25)18-9-7-8-17(22-18)19(24)21-16-12-14(2)11-15(3)13-16/h7-9,11-13H,5-6,10H2,1-4H3,(H,21,24). The van der Waals surface area contributed by atoms with Crippen LogP contribution in [0.4, 0.5) is 5.69 Å². The molecule has 0 saturated heterocycles. The van der Waals surface area contributed by atoms with Crippen LogP contribution in [0.15, 0.2) is 36.4 Å². The van der Waals surface area contributed by atoms with Crippen molar-refractivity contribution in [2.24, 2.45) is 0 Å². The molecule has 2 aromatic rings. The van der Waals surface area contributed by atoms with Crippen LogP contribution in [0.3, 0.4) is 0 Å². The number of rotatable bonds is 6. The third kappa shape index (κ3) is 5.14. The maximum absolute atomic E-state index is 12.5. The van der Waals surface area contributed by atoms with E-state index in [2.05, 4.69) is 17.2 Å². The second-order valence-electron chi connectivity index (χ2n) is 6.32. The van der Waals surface area contributed by atoms with E-state index in [0.29, 0.717) is 6.54 Å². The molecule has 1 aromatic heterocycles. The summed E-state index contributed by atoms with van der Waals surface area (Å²) in [5.41, 5.74) is 3.39. The summed E-state index contributed by atoms with van der Waals surface area (Å²) in [4.78, 5) is 30.7. The highest BCUT2D eigenvalue weighted by molar-refractivity contribution is 6.03. The largest absolute Gasteiger partial charge is 0.340 e. The van der Waals surface area contributed by atoms with Gasteiger partial charge in [-0.05, 0) is 55.7 Å². The van der Waals surface area contributed by atoms with Crippen molar-refractivity contribution in [3.8, 4) is 0 Å². The molecule has 1 heterocycles. The molecule has 0 bridgehead atoms. The van der Waals surface area contributed by atoms with Gasteiger partial charge in [0.15, 0.2) is 0 Å². The summed E-state index contributed by atoms with van der Waals surface area (Å²) in [7, 11) is 1.75. The molecule has 2 rings (SSSR count). The third-order valence-electron chi connectivity index (χ3n) is 3.87. The van der Waals surface area contributed by atoms with Crippen LogP contribution >= 0.6 is 0 Å². The lowest BCUT2D eigenvalue weighted by molar-refractivity contribution is 0.0787. The molecule has 0 radical (unpaired) electrons. The fraction of sp³-hybridized carbons (Fsp3) is 0.350. The van der Waals surface area contributed by atoms with Crippen molar-refractivity contribution in [1.82, 2.24) is 9.88 Å². The van der Waals surface area contributed by atoms with Gasteiger partial charge < -0.3 is 10.2 Å². The molecule has 5 nitrogen and oxygen atoms in total. The highest BCUT2D eigenvalue weighted by Crippen LogP contribution is 2.15. The van der Waals surface area contributed by atoms with Gasteiger partial charge in [0, 0.05) is 19.3 Å². The molecule has 0 aliphatic carbocycles. The number of hydrogen-bond acceptors (Lipinski definition) is 3. The minimum absolute atomic E-state index is 0.172. The van der Waals surface area contributed by atoms with Crippen molar-refractivity contribution < 1.29 is 9.59 Å². The minimum atomic E-state index is -0.323. The summed E-state index contributed by atoms with van der Waals surface area (Å²) in [5, 5.41) is 2.84. The molecule has 0 unspecified atom stereocenters. The van der Waals surface area contributed by atoms with Crippen molar-refractivity contribution in [3.63, 3.8) is 0 Å². The number of anilines is 1. The molecule has 0 aliphatic rings. The number of nitrogens with one attached hydrogen (secondary N) is 1. The Morgan fingerprint density at radius 1 is 1.08 bits per heavy atom. The number of aryl methyl sites for hydroxylation is 2. The summed E-state index contributed by atoms with van der Waals surface area (Å²) in [6.45, 7) is 6.71. The number of carbonyl (C=O) groups is 2. The minimum Gasteiger partial charge on any atom is -0.340 e. The van der Waals surface area contributed by atoms with Crippen molar-refractivity contribution in [2.45, 2.75) is 33.6 Å². The monoisotopic (exact) mass is 339 g/mol. The van der Waals surface area contributed by atoms with Crippen LogP contribution in [0, 0.1) is 13.8 Å². The maximum atomic E-state index is 12.5. The number of pyridine rings is 1. The quantitative estimate of drug-likeness (QED) is 0.870. The maximum Gasteiger partial charge on any atom is 0.274 e. The molecule has 0 atom stereocenters. The average molecular weight is 339 g/mol. The molecule has 132 valence electrons. The van der Waals surface area contributed by atoms with Gasteiger partial charge in [0.25, 0.3) is 11.8 Å². The van der Waals surface area contributed by atoms with Crippen LogP contribution in [0.1, 0.15) is 51.9 Å². The Balaban J connectivity index is 2.14. The van der Waals surface area contributed by atoms with Crippen molar-refractivity contribution in [1.29, 1.82) is 0 Å². The lowest BCUT2D eigenvalue weighted by atomic mass is 10.1.